The molecule has 0 aromatic heterocycles. The summed E-state index contributed by atoms with van der Waals surface area (Å²) in [7, 11) is 1.35. The lowest BCUT2D eigenvalue weighted by atomic mass is 10.2. The Morgan fingerprint density at radius 2 is 2.08 bits per heavy atom. The Morgan fingerprint density at radius 1 is 1.36 bits per heavy atom. The van der Waals surface area contributed by atoms with Crippen molar-refractivity contribution in [2.24, 2.45) is 5.10 Å². The summed E-state index contributed by atoms with van der Waals surface area (Å²) in [5.41, 5.74) is 2.53. The summed E-state index contributed by atoms with van der Waals surface area (Å²) in [4.78, 5) is 33.4. The first-order valence-corrected chi connectivity index (χ1v) is 7.62. The third-order valence-corrected chi connectivity index (χ3v) is 3.37. The second-order valence-corrected chi connectivity index (χ2v) is 5.55. The maximum Gasteiger partial charge on any atom is 0.329 e. The van der Waals surface area contributed by atoms with E-state index in [-0.39, 0.29) is 22.6 Å². The molecule has 9 nitrogen and oxygen atoms in total. The van der Waals surface area contributed by atoms with Crippen LogP contribution in [0.15, 0.2) is 17.2 Å². The Bertz CT molecular complexity index is 717. The van der Waals surface area contributed by atoms with Gasteiger partial charge in [-0.2, -0.15) is 5.10 Å². The predicted octanol–water partition coefficient (Wildman–Crippen LogP) is -0.794. The van der Waals surface area contributed by atoms with Crippen LogP contribution in [0.4, 0.5) is 0 Å². The van der Waals surface area contributed by atoms with Gasteiger partial charge in [0.25, 0.3) is 0 Å². The maximum atomic E-state index is 11.5. The summed E-state index contributed by atoms with van der Waals surface area (Å²) >= 11 is 6.02. The van der Waals surface area contributed by atoms with Crippen LogP contribution in [0.1, 0.15) is 18.4 Å². The van der Waals surface area contributed by atoms with Crippen molar-refractivity contribution in [2.75, 3.05) is 13.7 Å². The van der Waals surface area contributed by atoms with Gasteiger partial charge in [-0.05, 0) is 30.5 Å². The topological polar surface area (TPSA) is 129 Å². The van der Waals surface area contributed by atoms with E-state index < -0.39 is 24.4 Å². The highest BCUT2D eigenvalue weighted by Crippen LogP contribution is 2.35. The van der Waals surface area contributed by atoms with Crippen LogP contribution < -0.4 is 25.3 Å². The number of hydrazone groups is 1. The number of amides is 2. The van der Waals surface area contributed by atoms with Gasteiger partial charge in [0.1, 0.15) is 6.61 Å². The van der Waals surface area contributed by atoms with Crippen molar-refractivity contribution in [2.45, 2.75) is 18.9 Å². The number of rotatable bonds is 7. The van der Waals surface area contributed by atoms with Crippen molar-refractivity contribution in [3.05, 3.63) is 22.7 Å². The van der Waals surface area contributed by atoms with Crippen LogP contribution in [0.5, 0.6) is 11.5 Å². The predicted molar refractivity (Wildman–Crippen MR) is 85.4 cm³/mol. The molecule has 1 aliphatic rings. The van der Waals surface area contributed by atoms with Crippen LogP contribution in [-0.2, 0) is 14.4 Å². The minimum absolute atomic E-state index is 0.0402. The fraction of sp³-hybridized carbons (Fsp3) is 0.333. The van der Waals surface area contributed by atoms with Gasteiger partial charge in [-0.25, -0.2) is 5.43 Å². The molecule has 1 aromatic rings. The van der Waals surface area contributed by atoms with Crippen molar-refractivity contribution < 1.29 is 29.0 Å². The van der Waals surface area contributed by atoms with Crippen LogP contribution in [0.3, 0.4) is 0 Å². The van der Waals surface area contributed by atoms with Gasteiger partial charge in [0.2, 0.25) is 0 Å². The van der Waals surface area contributed by atoms with Gasteiger partial charge in [-0.3, -0.25) is 9.59 Å². The fourth-order valence-corrected chi connectivity index (χ4v) is 2.05. The van der Waals surface area contributed by atoms with E-state index in [1.54, 1.807) is 0 Å². The molecule has 2 rings (SSSR count). The van der Waals surface area contributed by atoms with E-state index in [0.29, 0.717) is 5.56 Å². The number of benzene rings is 1. The maximum absolute atomic E-state index is 11.5. The van der Waals surface area contributed by atoms with Crippen molar-refractivity contribution in [3.8, 4) is 11.5 Å². The lowest BCUT2D eigenvalue weighted by Gasteiger charge is -2.13. The average molecular weight is 369 g/mol. The molecule has 10 heteroatoms. The molecule has 0 saturated heterocycles. The van der Waals surface area contributed by atoms with E-state index in [9.17, 15) is 19.5 Å². The molecule has 1 saturated carbocycles. The van der Waals surface area contributed by atoms with Crippen LogP contribution in [0.2, 0.25) is 5.02 Å². The number of carbonyl (C=O) groups excluding carboxylic acids is 3. The average Bonchev–Trinajstić information content (AvgIpc) is 3.36. The molecule has 25 heavy (non-hydrogen) atoms. The second-order valence-electron chi connectivity index (χ2n) is 5.14. The number of methoxy groups -OCH3 is 1. The zero-order valence-corrected chi connectivity index (χ0v) is 14.0. The van der Waals surface area contributed by atoms with Crippen LogP contribution in [-0.4, -0.2) is 43.8 Å². The quantitative estimate of drug-likeness (QED) is 0.368. The molecule has 0 bridgehead atoms. The van der Waals surface area contributed by atoms with Gasteiger partial charge < -0.3 is 24.7 Å². The zero-order chi connectivity index (χ0) is 18.4. The minimum Gasteiger partial charge on any atom is -0.546 e. The van der Waals surface area contributed by atoms with E-state index in [4.69, 9.17) is 21.1 Å². The van der Waals surface area contributed by atoms with E-state index in [1.165, 1.54) is 25.5 Å². The summed E-state index contributed by atoms with van der Waals surface area (Å²) in [6.45, 7) is -0.685. The molecule has 1 fully saturated rings. The summed E-state index contributed by atoms with van der Waals surface area (Å²) in [5.74, 6) is -2.82. The Balaban J connectivity index is 2.00. The summed E-state index contributed by atoms with van der Waals surface area (Å²) in [5, 5.41) is 16.7. The number of hydrogen-bond acceptors (Lipinski definition) is 7. The smallest absolute Gasteiger partial charge is 0.329 e. The molecule has 0 heterocycles. The molecule has 134 valence electrons. The lowest BCUT2D eigenvalue weighted by molar-refractivity contribution is -0.307. The number of carboxylic acids is 1. The van der Waals surface area contributed by atoms with Gasteiger partial charge in [-0.15, -0.1) is 0 Å². The Morgan fingerprint density at radius 3 is 2.68 bits per heavy atom. The molecule has 0 aliphatic heterocycles. The van der Waals surface area contributed by atoms with Crippen molar-refractivity contribution >= 4 is 35.6 Å². The molecular weight excluding hydrogens is 354 g/mol. The van der Waals surface area contributed by atoms with Crippen molar-refractivity contribution in [3.63, 3.8) is 0 Å². The number of halogens is 1. The highest BCUT2D eigenvalue weighted by Gasteiger charge is 2.26. The fourth-order valence-electron chi connectivity index (χ4n) is 1.78. The zero-order valence-electron chi connectivity index (χ0n) is 13.2. The van der Waals surface area contributed by atoms with Crippen LogP contribution in [0.25, 0.3) is 0 Å². The molecule has 2 N–H and O–H groups in total. The monoisotopic (exact) mass is 368 g/mol. The molecule has 0 spiro atoms. The molecular formula is C15H15ClN3O6-. The summed E-state index contributed by atoms with van der Waals surface area (Å²) in [6, 6.07) is 2.96. The minimum atomic E-state index is -1.41. The first kappa shape index (κ1) is 18.5. The number of aliphatic carboxylic acids is 1. The first-order chi connectivity index (χ1) is 11.9. The standard InChI is InChI=1S/C15H16ClN3O6/c1-24-11-5-8(4-10(16)13(11)25-7-12(20)21)6-17-19-15(23)14(22)18-9-2-3-9/h4-6,9H,2-3,7H2,1H3,(H,18,22)(H,19,23)(H,20,21)/p-1/b17-6-. The van der Waals surface area contributed by atoms with E-state index in [1.807, 2.05) is 0 Å². The number of carbonyl (C=O) groups is 3. The van der Waals surface area contributed by atoms with Crippen LogP contribution >= 0.6 is 11.6 Å². The van der Waals surface area contributed by atoms with Crippen molar-refractivity contribution in [1.82, 2.24) is 10.7 Å². The molecule has 1 aliphatic carbocycles. The third kappa shape index (κ3) is 5.64. The lowest BCUT2D eigenvalue weighted by Crippen LogP contribution is -2.38. The number of hydrogen-bond donors (Lipinski definition) is 2. The summed E-state index contributed by atoms with van der Waals surface area (Å²) in [6.07, 6.45) is 2.99. The van der Waals surface area contributed by atoms with Gasteiger partial charge in [0, 0.05) is 6.04 Å². The molecule has 0 radical (unpaired) electrons. The SMILES string of the molecule is COc1cc(/C=N\NC(=O)C(=O)NC2CC2)cc(Cl)c1OCC(=O)[O-]. The molecule has 2 amide bonds. The van der Waals surface area contributed by atoms with Crippen molar-refractivity contribution in [1.29, 1.82) is 0 Å². The normalized spacial score (nSPS) is 13.4. The van der Waals surface area contributed by atoms with Gasteiger partial charge >= 0.3 is 11.8 Å². The molecule has 0 unspecified atom stereocenters. The van der Waals surface area contributed by atoms with Gasteiger partial charge in [-0.1, -0.05) is 11.6 Å². The number of carboxylic acid groups (broad SMARTS) is 1. The highest BCUT2D eigenvalue weighted by molar-refractivity contribution is 6.35. The third-order valence-electron chi connectivity index (χ3n) is 3.08. The Hall–Kier alpha value is -2.81. The Labute approximate surface area is 147 Å². The molecule has 1 aromatic carbocycles. The number of nitrogens with zero attached hydrogens (tertiary/aromatic N) is 1. The molecule has 0 atom stereocenters. The highest BCUT2D eigenvalue weighted by atomic mass is 35.5. The number of nitrogens with one attached hydrogen (secondary N) is 2. The van der Waals surface area contributed by atoms with E-state index in [2.05, 4.69) is 15.8 Å². The largest absolute Gasteiger partial charge is 0.546 e. The van der Waals surface area contributed by atoms with Gasteiger partial charge in [0.05, 0.1) is 24.3 Å². The van der Waals surface area contributed by atoms with E-state index >= 15 is 0 Å². The van der Waals surface area contributed by atoms with E-state index in [0.717, 1.165) is 12.8 Å². The Kier molecular flexibility index (Phi) is 6.18. The first-order valence-electron chi connectivity index (χ1n) is 7.24. The van der Waals surface area contributed by atoms with Gasteiger partial charge in [0.15, 0.2) is 11.5 Å². The van der Waals surface area contributed by atoms with Crippen LogP contribution in [0, 0.1) is 0 Å². The second kappa shape index (κ2) is 8.34. The number of ether oxygens (including phenoxy) is 2. The summed E-state index contributed by atoms with van der Waals surface area (Å²) < 4.78 is 10.1.